The summed E-state index contributed by atoms with van der Waals surface area (Å²) in [5, 5.41) is -0.0245. The lowest BCUT2D eigenvalue weighted by molar-refractivity contribution is -0.148. The van der Waals surface area contributed by atoms with E-state index in [4.69, 9.17) is 25.8 Å². The zero-order valence-electron chi connectivity index (χ0n) is 15.8. The Labute approximate surface area is 178 Å². The van der Waals surface area contributed by atoms with E-state index in [1.807, 2.05) is 30.3 Å². The zero-order chi connectivity index (χ0) is 21.3. The number of esters is 2. The summed E-state index contributed by atoms with van der Waals surface area (Å²) in [6.45, 7) is 0.0268. The number of halogens is 2. The SMILES string of the molecule is O=C(CCC(=O)Oc1c(F)cccc1Cl)OCc1cccc(Oc2ccccc2)c1. The highest BCUT2D eigenvalue weighted by atomic mass is 35.5. The fourth-order valence-electron chi connectivity index (χ4n) is 2.51. The molecule has 0 aromatic heterocycles. The van der Waals surface area contributed by atoms with Gasteiger partial charge >= 0.3 is 11.9 Å². The second-order valence-corrected chi connectivity index (χ2v) is 6.66. The maximum atomic E-state index is 13.6. The molecule has 0 unspecified atom stereocenters. The van der Waals surface area contributed by atoms with Gasteiger partial charge in [-0.15, -0.1) is 0 Å². The quantitative estimate of drug-likeness (QED) is 0.340. The minimum atomic E-state index is -0.780. The van der Waals surface area contributed by atoms with Gasteiger partial charge in [0.05, 0.1) is 17.9 Å². The summed E-state index contributed by atoms with van der Waals surface area (Å²) in [5.74, 6) is -1.16. The Morgan fingerprint density at radius 3 is 2.30 bits per heavy atom. The molecule has 0 heterocycles. The number of hydrogen-bond acceptors (Lipinski definition) is 5. The van der Waals surface area contributed by atoms with Gasteiger partial charge in [-0.2, -0.15) is 0 Å². The molecule has 0 saturated heterocycles. The molecular weight excluding hydrogens is 411 g/mol. The van der Waals surface area contributed by atoms with Crippen LogP contribution in [0, 0.1) is 5.82 Å². The summed E-state index contributed by atoms with van der Waals surface area (Å²) < 4.78 is 29.4. The van der Waals surface area contributed by atoms with Crippen LogP contribution < -0.4 is 9.47 Å². The van der Waals surface area contributed by atoms with Crippen molar-refractivity contribution in [2.45, 2.75) is 19.4 Å². The van der Waals surface area contributed by atoms with Gasteiger partial charge in [-0.3, -0.25) is 9.59 Å². The molecule has 3 rings (SSSR count). The molecule has 0 amide bonds. The highest BCUT2D eigenvalue weighted by Crippen LogP contribution is 2.27. The van der Waals surface area contributed by atoms with Crippen LogP contribution >= 0.6 is 11.6 Å². The van der Waals surface area contributed by atoms with Crippen molar-refractivity contribution in [3.63, 3.8) is 0 Å². The van der Waals surface area contributed by atoms with Crippen molar-refractivity contribution in [3.8, 4) is 17.2 Å². The number of ether oxygens (including phenoxy) is 3. The highest BCUT2D eigenvalue weighted by molar-refractivity contribution is 6.32. The van der Waals surface area contributed by atoms with Crippen molar-refractivity contribution in [2.75, 3.05) is 0 Å². The van der Waals surface area contributed by atoms with Crippen LogP contribution in [0.4, 0.5) is 4.39 Å². The summed E-state index contributed by atoms with van der Waals surface area (Å²) in [4.78, 5) is 23.8. The fourth-order valence-corrected chi connectivity index (χ4v) is 2.71. The molecule has 0 saturated carbocycles. The van der Waals surface area contributed by atoms with Crippen LogP contribution in [0.1, 0.15) is 18.4 Å². The van der Waals surface area contributed by atoms with Crippen LogP contribution in [0.25, 0.3) is 0 Å². The van der Waals surface area contributed by atoms with E-state index in [2.05, 4.69) is 0 Å². The number of hydrogen-bond donors (Lipinski definition) is 0. The molecule has 0 aliphatic rings. The van der Waals surface area contributed by atoms with Gasteiger partial charge in [0.15, 0.2) is 11.6 Å². The molecule has 3 aromatic carbocycles. The average Bonchev–Trinajstić information content (AvgIpc) is 2.74. The molecule has 30 heavy (non-hydrogen) atoms. The van der Waals surface area contributed by atoms with Gasteiger partial charge in [0.2, 0.25) is 0 Å². The Morgan fingerprint density at radius 2 is 1.53 bits per heavy atom. The third-order valence-electron chi connectivity index (χ3n) is 3.95. The Kier molecular flexibility index (Phi) is 7.40. The Hall–Kier alpha value is -3.38. The van der Waals surface area contributed by atoms with Gasteiger partial charge in [0.25, 0.3) is 0 Å². The predicted octanol–water partition coefficient (Wildman–Crippen LogP) is 5.70. The standard InChI is InChI=1S/C23H18ClFO5/c24-19-10-5-11-20(25)23(19)30-22(27)13-12-21(26)28-15-16-6-4-9-18(14-16)29-17-7-2-1-3-8-17/h1-11,14H,12-13,15H2. The average molecular weight is 429 g/mol. The molecule has 0 fully saturated rings. The summed E-state index contributed by atoms with van der Waals surface area (Å²) >= 11 is 5.80. The van der Waals surface area contributed by atoms with E-state index < -0.39 is 17.8 Å². The first-order chi connectivity index (χ1) is 14.5. The molecule has 0 N–H and O–H groups in total. The van der Waals surface area contributed by atoms with Crippen molar-refractivity contribution in [2.24, 2.45) is 0 Å². The van der Waals surface area contributed by atoms with Crippen molar-refractivity contribution >= 4 is 23.5 Å². The molecule has 0 aliphatic carbocycles. The van der Waals surface area contributed by atoms with Crippen LogP contribution in [0.3, 0.4) is 0 Å². The van der Waals surface area contributed by atoms with Gasteiger partial charge in [0.1, 0.15) is 18.1 Å². The summed E-state index contributed by atoms with van der Waals surface area (Å²) in [6, 6.07) is 20.3. The number of benzene rings is 3. The Bertz CT molecular complexity index is 1000. The number of carbonyl (C=O) groups excluding carboxylic acids is 2. The third kappa shape index (κ3) is 6.32. The third-order valence-corrected chi connectivity index (χ3v) is 4.24. The molecule has 0 aliphatic heterocycles. The fraction of sp³-hybridized carbons (Fsp3) is 0.130. The first-order valence-electron chi connectivity index (χ1n) is 9.13. The zero-order valence-corrected chi connectivity index (χ0v) is 16.6. The van der Waals surface area contributed by atoms with Crippen LogP contribution in [-0.2, 0) is 20.9 Å². The normalized spacial score (nSPS) is 10.3. The van der Waals surface area contributed by atoms with E-state index >= 15 is 0 Å². The van der Waals surface area contributed by atoms with Crippen molar-refractivity contribution < 1.29 is 28.2 Å². The number of carbonyl (C=O) groups is 2. The van der Waals surface area contributed by atoms with E-state index in [1.165, 1.54) is 12.1 Å². The molecule has 0 radical (unpaired) electrons. The van der Waals surface area contributed by atoms with Crippen LogP contribution in [0.15, 0.2) is 72.8 Å². The lowest BCUT2D eigenvalue weighted by Crippen LogP contribution is -2.13. The van der Waals surface area contributed by atoms with Gasteiger partial charge in [0, 0.05) is 0 Å². The molecule has 0 atom stereocenters. The predicted molar refractivity (Wildman–Crippen MR) is 109 cm³/mol. The lowest BCUT2D eigenvalue weighted by Gasteiger charge is -2.09. The van der Waals surface area contributed by atoms with Gasteiger partial charge < -0.3 is 14.2 Å². The van der Waals surface area contributed by atoms with Gasteiger partial charge in [-0.25, -0.2) is 4.39 Å². The number of para-hydroxylation sites is 2. The second-order valence-electron chi connectivity index (χ2n) is 6.25. The maximum absolute atomic E-state index is 13.6. The Morgan fingerprint density at radius 1 is 0.833 bits per heavy atom. The lowest BCUT2D eigenvalue weighted by atomic mass is 10.2. The largest absolute Gasteiger partial charge is 0.461 e. The molecule has 3 aromatic rings. The minimum absolute atomic E-state index is 0.0245. The molecule has 154 valence electrons. The summed E-state index contributed by atoms with van der Waals surface area (Å²) in [7, 11) is 0. The van der Waals surface area contributed by atoms with E-state index in [9.17, 15) is 14.0 Å². The van der Waals surface area contributed by atoms with Crippen LogP contribution in [0.5, 0.6) is 17.2 Å². The highest BCUT2D eigenvalue weighted by Gasteiger charge is 2.15. The molecular formula is C23H18ClFO5. The summed E-state index contributed by atoms with van der Waals surface area (Å²) in [5.41, 5.74) is 0.734. The van der Waals surface area contributed by atoms with Crippen molar-refractivity contribution in [1.29, 1.82) is 0 Å². The molecule has 7 heteroatoms. The molecule has 5 nitrogen and oxygen atoms in total. The van der Waals surface area contributed by atoms with E-state index in [1.54, 1.807) is 24.3 Å². The van der Waals surface area contributed by atoms with Crippen LogP contribution in [-0.4, -0.2) is 11.9 Å². The monoisotopic (exact) mass is 428 g/mol. The number of rotatable bonds is 8. The first-order valence-corrected chi connectivity index (χ1v) is 9.51. The van der Waals surface area contributed by atoms with E-state index in [0.717, 1.165) is 11.6 Å². The van der Waals surface area contributed by atoms with E-state index in [0.29, 0.717) is 11.5 Å². The summed E-state index contributed by atoms with van der Waals surface area (Å²) in [6.07, 6.45) is -0.467. The maximum Gasteiger partial charge on any atom is 0.311 e. The Balaban J connectivity index is 1.45. The second kappa shape index (κ2) is 10.4. The first kappa shape index (κ1) is 21.3. The van der Waals surface area contributed by atoms with E-state index in [-0.39, 0.29) is 30.2 Å². The van der Waals surface area contributed by atoms with Crippen molar-refractivity contribution in [1.82, 2.24) is 0 Å². The topological polar surface area (TPSA) is 61.8 Å². The van der Waals surface area contributed by atoms with Crippen LogP contribution in [0.2, 0.25) is 5.02 Å². The smallest absolute Gasteiger partial charge is 0.311 e. The van der Waals surface area contributed by atoms with Gasteiger partial charge in [-0.05, 0) is 42.0 Å². The molecule has 0 spiro atoms. The molecule has 0 bridgehead atoms. The van der Waals surface area contributed by atoms with Gasteiger partial charge in [-0.1, -0.05) is 48.0 Å². The van der Waals surface area contributed by atoms with Crippen molar-refractivity contribution in [3.05, 3.63) is 89.2 Å². The minimum Gasteiger partial charge on any atom is -0.461 e.